The van der Waals surface area contributed by atoms with E-state index in [4.69, 9.17) is 0 Å². The molecule has 12 aromatic rings. The molecule has 0 heterocycles. The van der Waals surface area contributed by atoms with Gasteiger partial charge in [0.05, 0.1) is 0 Å². The molecule has 0 saturated carbocycles. The van der Waals surface area contributed by atoms with Crippen LogP contribution in [-0.4, -0.2) is 0 Å². The Bertz CT molecular complexity index is 3950. The van der Waals surface area contributed by atoms with Crippen LogP contribution in [0.25, 0.3) is 69.8 Å². The first-order valence-electron chi connectivity index (χ1n) is 33.1. The fourth-order valence-corrected chi connectivity index (χ4v) is 13.4. The molecular weight excluding hydrogens is 1120 g/mol. The number of rotatable bonds is 0. The summed E-state index contributed by atoms with van der Waals surface area (Å²) in [7, 11) is 0. The van der Waals surface area contributed by atoms with Gasteiger partial charge in [0.1, 0.15) is 0 Å². The second-order valence-electron chi connectivity index (χ2n) is 24.3. The Kier molecular flexibility index (Phi) is 20.1. The molecule has 0 atom stereocenters. The van der Waals surface area contributed by atoms with E-state index in [0.717, 1.165) is 57.8 Å². The first-order valence-corrected chi connectivity index (χ1v) is 33.1. The van der Waals surface area contributed by atoms with Gasteiger partial charge in [-0.05, 0) is 191 Å². The molecule has 0 fully saturated rings. The van der Waals surface area contributed by atoms with Gasteiger partial charge in [0.15, 0.2) is 0 Å². The van der Waals surface area contributed by atoms with E-state index in [2.05, 4.69) is 364 Å². The highest BCUT2D eigenvalue weighted by atomic mass is 14.2. The number of hydrogen-bond acceptors (Lipinski definition) is 0. The van der Waals surface area contributed by atoms with Gasteiger partial charge in [0.25, 0.3) is 0 Å². The third-order valence-corrected chi connectivity index (χ3v) is 18.3. The maximum Gasteiger partial charge on any atom is -0.00135 e. The second-order valence-corrected chi connectivity index (χ2v) is 24.3. The van der Waals surface area contributed by atoms with Crippen LogP contribution in [0, 0.1) is 0 Å². The van der Waals surface area contributed by atoms with Crippen LogP contribution >= 0.6 is 0 Å². The lowest BCUT2D eigenvalue weighted by molar-refractivity contribution is 1.26. The predicted molar refractivity (Wildman–Crippen MR) is 399 cm³/mol. The fourth-order valence-electron chi connectivity index (χ4n) is 13.4. The van der Waals surface area contributed by atoms with Crippen molar-refractivity contribution >= 4 is 36.5 Å². The first kappa shape index (κ1) is 61.0. The number of allylic oxidation sites excluding steroid dienone is 6. The Morgan fingerprint density at radius 3 is 0.409 bits per heavy atom. The molecule has 0 saturated heterocycles. The molecule has 9 aliphatic carbocycles. The number of hydrogen-bond donors (Lipinski definition) is 0. The summed E-state index contributed by atoms with van der Waals surface area (Å²) in [5.41, 5.74) is 34.3. The van der Waals surface area contributed by atoms with Gasteiger partial charge < -0.3 is 0 Å². The van der Waals surface area contributed by atoms with E-state index in [0.29, 0.717) is 0 Å². The van der Waals surface area contributed by atoms with E-state index in [-0.39, 0.29) is 0 Å². The topological polar surface area (TPSA) is 0 Å². The Labute approximate surface area is 552 Å². The van der Waals surface area contributed by atoms with Crippen molar-refractivity contribution in [2.45, 2.75) is 57.8 Å². The molecule has 0 nitrogen and oxygen atoms in total. The number of fused-ring (bicyclic) bond motifs is 15. The van der Waals surface area contributed by atoms with Gasteiger partial charge >= 0.3 is 0 Å². The molecule has 0 amide bonds. The minimum absolute atomic E-state index is 1.10. The minimum atomic E-state index is 1.10. The monoisotopic (exact) mass is 1190 g/mol. The molecule has 0 aromatic heterocycles. The Hall–Kier alpha value is -10.9. The Morgan fingerprint density at radius 2 is 0.258 bits per heavy atom. The molecule has 450 valence electrons. The van der Waals surface area contributed by atoms with Crippen molar-refractivity contribution in [2.24, 2.45) is 0 Å². The van der Waals surface area contributed by atoms with Crippen molar-refractivity contribution in [3.63, 3.8) is 0 Å². The molecule has 0 radical (unpaired) electrons. The third-order valence-electron chi connectivity index (χ3n) is 18.3. The van der Waals surface area contributed by atoms with Crippen molar-refractivity contribution < 1.29 is 0 Å². The molecule has 0 spiro atoms. The molecule has 12 aromatic carbocycles. The summed E-state index contributed by atoms with van der Waals surface area (Å²) < 4.78 is 0. The summed E-state index contributed by atoms with van der Waals surface area (Å²) >= 11 is 0. The fraction of sp³-hybridized carbons (Fsp3) is 0.0968. The van der Waals surface area contributed by atoms with Crippen LogP contribution in [0.5, 0.6) is 0 Å². The van der Waals surface area contributed by atoms with E-state index in [1.807, 2.05) is 0 Å². The van der Waals surface area contributed by atoms with E-state index in [9.17, 15) is 0 Å². The van der Waals surface area contributed by atoms with Crippen LogP contribution in [0.4, 0.5) is 0 Å². The quantitative estimate of drug-likeness (QED) is 0.142. The van der Waals surface area contributed by atoms with Crippen molar-refractivity contribution in [2.75, 3.05) is 0 Å². The van der Waals surface area contributed by atoms with Crippen LogP contribution in [0.1, 0.15) is 100 Å². The zero-order valence-corrected chi connectivity index (χ0v) is 53.0. The molecule has 0 unspecified atom stereocenters. The van der Waals surface area contributed by atoms with Gasteiger partial charge in [0, 0.05) is 0 Å². The van der Waals surface area contributed by atoms with E-state index in [1.165, 1.54) is 134 Å². The minimum Gasteiger partial charge on any atom is -0.0795 e. The van der Waals surface area contributed by atoms with Crippen LogP contribution in [0.2, 0.25) is 0 Å². The van der Waals surface area contributed by atoms with Crippen molar-refractivity contribution in [1.82, 2.24) is 0 Å². The second kappa shape index (κ2) is 30.7. The maximum atomic E-state index is 2.22. The molecule has 0 aliphatic heterocycles. The highest BCUT2D eigenvalue weighted by molar-refractivity contribution is 5.78. The average Bonchev–Trinajstić information content (AvgIpc) is 1.79. The van der Waals surface area contributed by atoms with Crippen LogP contribution in [0.15, 0.2) is 328 Å². The predicted octanol–water partition coefficient (Wildman–Crippen LogP) is 23.3. The van der Waals surface area contributed by atoms with Crippen LogP contribution < -0.4 is 0 Å². The van der Waals surface area contributed by atoms with E-state index in [1.54, 1.807) is 0 Å². The van der Waals surface area contributed by atoms with Gasteiger partial charge in [0.2, 0.25) is 0 Å². The molecule has 9 aliphatic rings. The molecule has 21 rings (SSSR count). The van der Waals surface area contributed by atoms with Crippen molar-refractivity contribution in [3.8, 4) is 33.4 Å². The van der Waals surface area contributed by atoms with Gasteiger partial charge in [-0.25, -0.2) is 0 Å². The van der Waals surface area contributed by atoms with Crippen LogP contribution in [-0.2, 0) is 57.8 Å². The highest BCUT2D eigenvalue weighted by Gasteiger charge is 2.18. The van der Waals surface area contributed by atoms with Gasteiger partial charge in [-0.2, -0.15) is 0 Å². The smallest absolute Gasteiger partial charge is 0.00135 e. The summed E-state index contributed by atoms with van der Waals surface area (Å²) in [5.74, 6) is 0. The number of benzene rings is 12. The molecule has 0 N–H and O–H groups in total. The highest BCUT2D eigenvalue weighted by Crippen LogP contribution is 2.38. The summed E-state index contributed by atoms with van der Waals surface area (Å²) in [4.78, 5) is 0. The van der Waals surface area contributed by atoms with Crippen molar-refractivity contribution in [3.05, 3.63) is 428 Å². The lowest BCUT2D eigenvalue weighted by atomic mass is 10.1. The summed E-state index contributed by atoms with van der Waals surface area (Å²) in [6.45, 7) is 0. The van der Waals surface area contributed by atoms with Gasteiger partial charge in [-0.1, -0.05) is 364 Å². The molecular formula is C93H78. The SMILES string of the molecule is C1=Cc2ccccc2C1.C1=Cc2ccccc2C1.C1=Cc2ccccc2C1.C1=Cc2ccccc2C1.C1=Cc2ccccc2C1.C1=Cc2ccccc2C1.c1ccc2c(c1)Cc1ccccc1-2.c1ccc2c(c1)Cc1ccccc1-2.c1ccc2c(c1)Cc1ccccc1-2. The zero-order chi connectivity index (χ0) is 62.6. The van der Waals surface area contributed by atoms with Gasteiger partial charge in [-0.15, -0.1) is 0 Å². The molecule has 0 bridgehead atoms. The van der Waals surface area contributed by atoms with Gasteiger partial charge in [-0.3, -0.25) is 0 Å². The van der Waals surface area contributed by atoms with E-state index < -0.39 is 0 Å². The maximum absolute atomic E-state index is 2.22. The molecule has 93 heavy (non-hydrogen) atoms. The average molecular weight is 1200 g/mol. The summed E-state index contributed by atoms with van der Waals surface area (Å²) in [6, 6.07) is 103. The normalized spacial score (nSPS) is 13.2. The van der Waals surface area contributed by atoms with Crippen molar-refractivity contribution in [1.29, 1.82) is 0 Å². The summed E-state index contributed by atoms with van der Waals surface area (Å²) in [5, 5.41) is 0. The van der Waals surface area contributed by atoms with E-state index >= 15 is 0 Å². The molecule has 0 heteroatoms. The Balaban J connectivity index is 0.0000000958. The zero-order valence-electron chi connectivity index (χ0n) is 53.0. The standard InChI is InChI=1S/3C13H10.6C9H8/c3*1-3-7-12-10(5-1)9-11-6-2-4-8-13(11)12;6*1-2-5-9-7-3-6-8(9)4-1/h3*1-8H,9H2;6*1-6H,7H2. The lowest BCUT2D eigenvalue weighted by Gasteiger charge is -1.98. The Morgan fingerprint density at radius 1 is 0.129 bits per heavy atom. The summed E-state index contributed by atoms with van der Waals surface area (Å²) in [6.07, 6.45) is 36.3. The van der Waals surface area contributed by atoms with Crippen LogP contribution in [0.3, 0.4) is 0 Å². The first-order chi connectivity index (χ1) is 46.1. The largest absolute Gasteiger partial charge is 0.0795 e. The lowest BCUT2D eigenvalue weighted by Crippen LogP contribution is -1.77. The third kappa shape index (κ3) is 15.5.